The van der Waals surface area contributed by atoms with E-state index in [2.05, 4.69) is 16.9 Å². The Balaban J connectivity index is 2.11. The van der Waals surface area contributed by atoms with Crippen LogP contribution in [0.2, 0.25) is 0 Å². The third kappa shape index (κ3) is 3.90. The number of benzene rings is 2. The summed E-state index contributed by atoms with van der Waals surface area (Å²) < 4.78 is 1.56. The van der Waals surface area contributed by atoms with E-state index in [1.807, 2.05) is 56.3 Å². The Bertz CT molecular complexity index is 1130. The number of nitrogens with zero attached hydrogens (tertiary/aromatic N) is 2. The van der Waals surface area contributed by atoms with Gasteiger partial charge in [-0.2, -0.15) is 0 Å². The van der Waals surface area contributed by atoms with E-state index in [0.717, 1.165) is 23.2 Å². The normalized spacial score (nSPS) is 11.2. The zero-order valence-electron chi connectivity index (χ0n) is 15.5. The number of hydrogen-bond acceptors (Lipinski definition) is 4. The summed E-state index contributed by atoms with van der Waals surface area (Å²) in [5.74, 6) is -0.234. The Labute approximate surface area is 162 Å². The van der Waals surface area contributed by atoms with Gasteiger partial charge in [-0.1, -0.05) is 31.2 Å². The summed E-state index contributed by atoms with van der Waals surface area (Å²) >= 11 is 5.25. The van der Waals surface area contributed by atoms with Crippen molar-refractivity contribution >= 4 is 24.1 Å². The number of hydrogen-bond donors (Lipinski definition) is 2. The van der Waals surface area contributed by atoms with Gasteiger partial charge < -0.3 is 5.11 Å². The molecular weight excluding hydrogens is 358 g/mol. The Morgan fingerprint density at radius 2 is 1.89 bits per heavy atom. The van der Waals surface area contributed by atoms with E-state index in [1.54, 1.807) is 0 Å². The third-order valence-electron chi connectivity index (χ3n) is 4.42. The molecular formula is C21H21N3O2S. The number of nitrogens with one attached hydrogen (secondary N) is 1. The average molecular weight is 379 g/mol. The van der Waals surface area contributed by atoms with Gasteiger partial charge in [-0.15, -0.1) is 0 Å². The number of aryl methyl sites for hydroxylation is 3. The van der Waals surface area contributed by atoms with Gasteiger partial charge in [-0.05, 0) is 67.4 Å². The number of aromatic amines is 1. The monoisotopic (exact) mass is 379 g/mol. The maximum absolute atomic E-state index is 12.3. The molecule has 0 aliphatic carbocycles. The predicted molar refractivity (Wildman–Crippen MR) is 111 cm³/mol. The fourth-order valence-corrected chi connectivity index (χ4v) is 3.05. The summed E-state index contributed by atoms with van der Waals surface area (Å²) in [4.78, 5) is 19.3. The molecule has 6 heteroatoms. The van der Waals surface area contributed by atoms with E-state index < -0.39 is 5.56 Å². The molecule has 0 bridgehead atoms. The summed E-state index contributed by atoms with van der Waals surface area (Å²) in [5, 5.41) is 10.7. The molecule has 0 radical (unpaired) electrons. The van der Waals surface area contributed by atoms with Crippen LogP contribution in [0.25, 0.3) is 5.69 Å². The molecule has 138 valence electrons. The lowest BCUT2D eigenvalue weighted by Crippen LogP contribution is -2.18. The first-order valence-corrected chi connectivity index (χ1v) is 9.10. The Hall–Kier alpha value is -2.99. The molecule has 0 aliphatic rings. The number of aromatic nitrogens is 2. The lowest BCUT2D eigenvalue weighted by molar-refractivity contribution is 0.432. The third-order valence-corrected chi connectivity index (χ3v) is 4.71. The van der Waals surface area contributed by atoms with Crippen LogP contribution in [0.15, 0.2) is 52.3 Å². The molecule has 1 heterocycles. The van der Waals surface area contributed by atoms with E-state index in [1.165, 1.54) is 16.3 Å². The molecule has 2 N–H and O–H groups in total. The summed E-state index contributed by atoms with van der Waals surface area (Å²) in [6.07, 6.45) is 2.29. The van der Waals surface area contributed by atoms with Gasteiger partial charge in [0.25, 0.3) is 5.56 Å². The molecule has 0 saturated carbocycles. The van der Waals surface area contributed by atoms with Crippen LogP contribution in [-0.2, 0) is 6.42 Å². The van der Waals surface area contributed by atoms with Gasteiger partial charge in [-0.3, -0.25) is 19.3 Å². The first kappa shape index (κ1) is 18.8. The first-order chi connectivity index (χ1) is 12.9. The predicted octanol–water partition coefficient (Wildman–Crippen LogP) is 4.53. The second-order valence-electron chi connectivity index (χ2n) is 6.40. The smallest absolute Gasteiger partial charge is 0.264 e. The molecule has 2 aromatic carbocycles. The van der Waals surface area contributed by atoms with Crippen molar-refractivity contribution < 1.29 is 5.11 Å². The zero-order chi connectivity index (χ0) is 19.6. The van der Waals surface area contributed by atoms with E-state index in [9.17, 15) is 9.90 Å². The molecule has 0 unspecified atom stereocenters. The van der Waals surface area contributed by atoms with Crippen molar-refractivity contribution in [2.24, 2.45) is 4.99 Å². The number of aliphatic imine (C=N–C) groups is 1. The first-order valence-electron chi connectivity index (χ1n) is 8.69. The summed E-state index contributed by atoms with van der Waals surface area (Å²) in [5.41, 5.74) is 4.22. The Morgan fingerprint density at radius 1 is 1.19 bits per heavy atom. The van der Waals surface area contributed by atoms with Crippen molar-refractivity contribution in [1.29, 1.82) is 0 Å². The van der Waals surface area contributed by atoms with E-state index >= 15 is 0 Å². The lowest BCUT2D eigenvalue weighted by atomic mass is 10.1. The van der Waals surface area contributed by atoms with Crippen LogP contribution in [-0.4, -0.2) is 20.9 Å². The molecule has 1 aromatic heterocycles. The minimum atomic E-state index is -0.479. The Morgan fingerprint density at radius 3 is 2.56 bits per heavy atom. The number of H-pyrrole nitrogens is 1. The minimum absolute atomic E-state index is 0.0593. The average Bonchev–Trinajstić information content (AvgIpc) is 2.64. The Kier molecular flexibility index (Phi) is 5.37. The fraction of sp³-hybridized carbons (Fsp3) is 0.190. The largest absolute Gasteiger partial charge is 0.494 e. The summed E-state index contributed by atoms with van der Waals surface area (Å²) in [6.45, 7) is 5.99. The molecule has 27 heavy (non-hydrogen) atoms. The molecule has 3 rings (SSSR count). The summed E-state index contributed by atoms with van der Waals surface area (Å²) in [6, 6.07) is 13.5. The van der Waals surface area contributed by atoms with E-state index in [0.29, 0.717) is 5.69 Å². The van der Waals surface area contributed by atoms with E-state index in [-0.39, 0.29) is 16.2 Å². The highest BCUT2D eigenvalue weighted by atomic mass is 32.1. The minimum Gasteiger partial charge on any atom is -0.494 e. The maximum atomic E-state index is 12.3. The second-order valence-corrected chi connectivity index (χ2v) is 6.79. The highest BCUT2D eigenvalue weighted by Crippen LogP contribution is 2.22. The van der Waals surface area contributed by atoms with Gasteiger partial charge >= 0.3 is 0 Å². The molecule has 5 nitrogen and oxygen atoms in total. The lowest BCUT2D eigenvalue weighted by Gasteiger charge is -2.11. The molecule has 0 saturated heterocycles. The van der Waals surface area contributed by atoms with Gasteiger partial charge in [0.1, 0.15) is 5.56 Å². The highest BCUT2D eigenvalue weighted by molar-refractivity contribution is 7.71. The van der Waals surface area contributed by atoms with Crippen molar-refractivity contribution in [2.75, 3.05) is 0 Å². The maximum Gasteiger partial charge on any atom is 0.264 e. The van der Waals surface area contributed by atoms with Crippen LogP contribution in [0, 0.1) is 18.6 Å². The topological polar surface area (TPSA) is 70.4 Å². The van der Waals surface area contributed by atoms with Crippen LogP contribution in [0.5, 0.6) is 5.88 Å². The molecule has 0 spiro atoms. The molecule has 0 atom stereocenters. The van der Waals surface area contributed by atoms with Gasteiger partial charge in [0.2, 0.25) is 5.88 Å². The van der Waals surface area contributed by atoms with Crippen molar-refractivity contribution in [1.82, 2.24) is 9.55 Å². The number of aromatic hydroxyl groups is 1. The molecule has 0 amide bonds. The van der Waals surface area contributed by atoms with Gasteiger partial charge in [0, 0.05) is 6.21 Å². The summed E-state index contributed by atoms with van der Waals surface area (Å²) in [7, 11) is 0. The quantitative estimate of drug-likeness (QED) is 0.517. The van der Waals surface area contributed by atoms with E-state index in [4.69, 9.17) is 12.2 Å². The molecule has 0 fully saturated rings. The van der Waals surface area contributed by atoms with Crippen molar-refractivity contribution in [3.05, 3.63) is 79.8 Å². The van der Waals surface area contributed by atoms with Crippen LogP contribution >= 0.6 is 12.2 Å². The SMILES string of the molecule is CCc1ccc(-n2c(O)c(C=Nc3cc(C)ccc3C)c(=O)[nH]c2=S)cc1. The van der Waals surface area contributed by atoms with Crippen LogP contribution in [0.1, 0.15) is 29.2 Å². The molecule has 3 aromatic rings. The zero-order valence-corrected chi connectivity index (χ0v) is 16.3. The van der Waals surface area contributed by atoms with Crippen LogP contribution in [0.4, 0.5) is 5.69 Å². The fourth-order valence-electron chi connectivity index (χ4n) is 2.77. The van der Waals surface area contributed by atoms with Crippen LogP contribution < -0.4 is 5.56 Å². The highest BCUT2D eigenvalue weighted by Gasteiger charge is 2.12. The van der Waals surface area contributed by atoms with Gasteiger partial charge in [0.15, 0.2) is 4.77 Å². The van der Waals surface area contributed by atoms with Gasteiger partial charge in [0.05, 0.1) is 11.4 Å². The van der Waals surface area contributed by atoms with Crippen molar-refractivity contribution in [3.63, 3.8) is 0 Å². The van der Waals surface area contributed by atoms with Crippen LogP contribution in [0.3, 0.4) is 0 Å². The second kappa shape index (κ2) is 7.72. The molecule has 0 aliphatic heterocycles. The van der Waals surface area contributed by atoms with Crippen molar-refractivity contribution in [2.45, 2.75) is 27.2 Å². The number of rotatable bonds is 4. The standard InChI is InChI=1S/C21H21N3O2S/c1-4-15-7-9-16(10-8-15)24-20(26)17(19(25)23-21(24)27)12-22-18-11-13(2)5-6-14(18)3/h5-12,26H,4H2,1-3H3,(H,23,25,27). The van der Waals surface area contributed by atoms with Gasteiger partial charge in [-0.25, -0.2) is 0 Å². The van der Waals surface area contributed by atoms with Crippen molar-refractivity contribution in [3.8, 4) is 11.6 Å².